The largest absolute Gasteiger partial charge is 0.351 e. The Morgan fingerprint density at radius 1 is 1.13 bits per heavy atom. The van der Waals surface area contributed by atoms with Gasteiger partial charge >= 0.3 is 0 Å². The van der Waals surface area contributed by atoms with Gasteiger partial charge in [0.25, 0.3) is 0 Å². The van der Waals surface area contributed by atoms with Crippen LogP contribution in [0.15, 0.2) is 0 Å². The van der Waals surface area contributed by atoms with E-state index in [0.717, 1.165) is 13.0 Å². The predicted octanol–water partition coefficient (Wildman–Crippen LogP) is 2.07. The Hall–Kier alpha value is -0.570. The highest BCUT2D eigenvalue weighted by Gasteiger charge is 2.17. The Labute approximate surface area is 94.0 Å². The van der Waals surface area contributed by atoms with Gasteiger partial charge in [-0.2, -0.15) is 0 Å². The number of amides is 1. The maximum absolute atomic E-state index is 11.6. The van der Waals surface area contributed by atoms with Gasteiger partial charge in [0.2, 0.25) is 5.91 Å². The first-order valence-corrected chi connectivity index (χ1v) is 5.72. The minimum atomic E-state index is -0.0845. The van der Waals surface area contributed by atoms with Gasteiger partial charge in [0, 0.05) is 24.0 Å². The minimum absolute atomic E-state index is 0.0839. The number of rotatable bonds is 5. The lowest BCUT2D eigenvalue weighted by atomic mass is 10.0. The molecule has 0 bridgehead atoms. The van der Waals surface area contributed by atoms with Crippen LogP contribution in [0.2, 0.25) is 0 Å². The Morgan fingerprint density at radius 2 is 1.67 bits per heavy atom. The SMILES string of the molecule is CCC(C)(C)NC(=O)CCNC(C)(C)C. The molecule has 2 N–H and O–H groups in total. The van der Waals surface area contributed by atoms with Gasteiger partial charge in [-0.25, -0.2) is 0 Å². The van der Waals surface area contributed by atoms with E-state index in [9.17, 15) is 4.79 Å². The number of nitrogens with one attached hydrogen (secondary N) is 2. The number of hydrogen-bond acceptors (Lipinski definition) is 2. The van der Waals surface area contributed by atoms with E-state index in [1.54, 1.807) is 0 Å². The van der Waals surface area contributed by atoms with Crippen LogP contribution in [0.25, 0.3) is 0 Å². The average Bonchev–Trinajstić information content (AvgIpc) is 2.00. The molecule has 0 radical (unpaired) electrons. The zero-order valence-corrected chi connectivity index (χ0v) is 11.0. The van der Waals surface area contributed by atoms with E-state index in [4.69, 9.17) is 0 Å². The summed E-state index contributed by atoms with van der Waals surface area (Å²) in [6.07, 6.45) is 1.49. The molecule has 0 saturated carbocycles. The monoisotopic (exact) mass is 214 g/mol. The Bertz CT molecular complexity index is 204. The van der Waals surface area contributed by atoms with Crippen LogP contribution < -0.4 is 10.6 Å². The second-order valence-electron chi connectivity index (χ2n) is 5.71. The fourth-order valence-electron chi connectivity index (χ4n) is 1.08. The standard InChI is InChI=1S/C12H26N2O/c1-7-12(5,6)14-10(15)8-9-13-11(2,3)4/h13H,7-9H2,1-6H3,(H,14,15). The normalized spacial score (nSPS) is 12.7. The second kappa shape index (κ2) is 5.50. The molecular formula is C12H26N2O. The third-order valence-corrected chi connectivity index (χ3v) is 2.37. The summed E-state index contributed by atoms with van der Waals surface area (Å²) >= 11 is 0. The molecule has 0 unspecified atom stereocenters. The van der Waals surface area contributed by atoms with Crippen LogP contribution in [0.5, 0.6) is 0 Å². The lowest BCUT2D eigenvalue weighted by Crippen LogP contribution is -2.45. The highest BCUT2D eigenvalue weighted by Crippen LogP contribution is 2.06. The molecule has 0 fully saturated rings. The molecule has 0 aliphatic rings. The smallest absolute Gasteiger partial charge is 0.221 e. The molecule has 0 aromatic rings. The first-order valence-electron chi connectivity index (χ1n) is 5.72. The molecule has 0 aliphatic heterocycles. The van der Waals surface area contributed by atoms with E-state index < -0.39 is 0 Å². The van der Waals surface area contributed by atoms with Gasteiger partial charge in [-0.3, -0.25) is 4.79 Å². The Balaban J connectivity index is 3.77. The van der Waals surface area contributed by atoms with E-state index >= 15 is 0 Å². The number of carbonyl (C=O) groups excluding carboxylic acids is 1. The highest BCUT2D eigenvalue weighted by atomic mass is 16.1. The summed E-state index contributed by atoms with van der Waals surface area (Å²) < 4.78 is 0. The molecular weight excluding hydrogens is 188 g/mol. The van der Waals surface area contributed by atoms with Crippen molar-refractivity contribution in [3.05, 3.63) is 0 Å². The minimum Gasteiger partial charge on any atom is -0.351 e. The van der Waals surface area contributed by atoms with Crippen molar-refractivity contribution < 1.29 is 4.79 Å². The fraction of sp³-hybridized carbons (Fsp3) is 0.917. The topological polar surface area (TPSA) is 41.1 Å². The van der Waals surface area contributed by atoms with E-state index in [0.29, 0.717) is 6.42 Å². The van der Waals surface area contributed by atoms with Gasteiger partial charge in [-0.15, -0.1) is 0 Å². The molecule has 0 saturated heterocycles. The molecule has 0 atom stereocenters. The summed E-state index contributed by atoms with van der Waals surface area (Å²) in [7, 11) is 0. The van der Waals surface area contributed by atoms with Crippen molar-refractivity contribution in [2.45, 2.75) is 65.5 Å². The average molecular weight is 214 g/mol. The summed E-state index contributed by atoms with van der Waals surface area (Å²) in [5.74, 6) is 0.124. The Morgan fingerprint density at radius 3 is 2.07 bits per heavy atom. The van der Waals surface area contributed by atoms with Crippen molar-refractivity contribution >= 4 is 5.91 Å². The molecule has 15 heavy (non-hydrogen) atoms. The lowest BCUT2D eigenvalue weighted by molar-refractivity contribution is -0.122. The molecule has 3 nitrogen and oxygen atoms in total. The molecule has 3 heteroatoms. The summed E-state index contributed by atoms with van der Waals surface area (Å²) in [4.78, 5) is 11.6. The summed E-state index contributed by atoms with van der Waals surface area (Å²) in [6, 6.07) is 0. The van der Waals surface area contributed by atoms with Gasteiger partial charge < -0.3 is 10.6 Å². The summed E-state index contributed by atoms with van der Waals surface area (Å²) in [5.41, 5.74) is -0.000625. The molecule has 0 rings (SSSR count). The summed E-state index contributed by atoms with van der Waals surface area (Å²) in [5, 5.41) is 6.31. The molecule has 0 aliphatic carbocycles. The van der Waals surface area contributed by atoms with Crippen molar-refractivity contribution in [1.82, 2.24) is 10.6 Å². The van der Waals surface area contributed by atoms with E-state index in [1.165, 1.54) is 0 Å². The predicted molar refractivity (Wildman–Crippen MR) is 64.9 cm³/mol. The molecule has 0 aromatic carbocycles. The van der Waals surface area contributed by atoms with Gasteiger partial charge in [-0.1, -0.05) is 6.92 Å². The molecule has 90 valence electrons. The van der Waals surface area contributed by atoms with Gasteiger partial charge in [0.05, 0.1) is 0 Å². The van der Waals surface area contributed by atoms with Crippen molar-refractivity contribution in [3.63, 3.8) is 0 Å². The van der Waals surface area contributed by atoms with E-state index in [1.807, 2.05) is 13.8 Å². The molecule has 0 heterocycles. The van der Waals surface area contributed by atoms with E-state index in [-0.39, 0.29) is 17.0 Å². The van der Waals surface area contributed by atoms with Crippen LogP contribution in [0, 0.1) is 0 Å². The van der Waals surface area contributed by atoms with Crippen molar-refractivity contribution in [1.29, 1.82) is 0 Å². The molecule has 1 amide bonds. The highest BCUT2D eigenvalue weighted by molar-refractivity contribution is 5.76. The van der Waals surface area contributed by atoms with Gasteiger partial charge in [-0.05, 0) is 41.0 Å². The van der Waals surface area contributed by atoms with Gasteiger partial charge in [0.1, 0.15) is 0 Å². The van der Waals surface area contributed by atoms with Crippen molar-refractivity contribution in [2.24, 2.45) is 0 Å². The quantitative estimate of drug-likeness (QED) is 0.735. The van der Waals surface area contributed by atoms with Crippen LogP contribution in [-0.2, 0) is 4.79 Å². The van der Waals surface area contributed by atoms with E-state index in [2.05, 4.69) is 38.3 Å². The van der Waals surface area contributed by atoms with Crippen LogP contribution in [0.1, 0.15) is 54.4 Å². The molecule has 0 aromatic heterocycles. The van der Waals surface area contributed by atoms with Gasteiger partial charge in [0.15, 0.2) is 0 Å². The first kappa shape index (κ1) is 14.4. The third-order valence-electron chi connectivity index (χ3n) is 2.37. The Kier molecular flexibility index (Phi) is 5.29. The third kappa shape index (κ3) is 8.43. The zero-order valence-electron chi connectivity index (χ0n) is 11.0. The number of hydrogen-bond donors (Lipinski definition) is 2. The van der Waals surface area contributed by atoms with Crippen molar-refractivity contribution in [2.75, 3.05) is 6.54 Å². The molecule has 0 spiro atoms. The maximum Gasteiger partial charge on any atom is 0.221 e. The first-order chi connectivity index (χ1) is 6.66. The van der Waals surface area contributed by atoms with Crippen LogP contribution in [0.4, 0.5) is 0 Å². The lowest BCUT2D eigenvalue weighted by Gasteiger charge is -2.25. The fourth-order valence-corrected chi connectivity index (χ4v) is 1.08. The van der Waals surface area contributed by atoms with Crippen LogP contribution in [-0.4, -0.2) is 23.5 Å². The van der Waals surface area contributed by atoms with Crippen LogP contribution in [0.3, 0.4) is 0 Å². The van der Waals surface area contributed by atoms with Crippen LogP contribution >= 0.6 is 0 Å². The maximum atomic E-state index is 11.6. The zero-order chi connectivity index (χ0) is 12.1. The second-order valence-corrected chi connectivity index (χ2v) is 5.71. The summed E-state index contributed by atoms with van der Waals surface area (Å²) in [6.45, 7) is 13.2. The number of carbonyl (C=O) groups is 1. The van der Waals surface area contributed by atoms with Crippen molar-refractivity contribution in [3.8, 4) is 0 Å².